The lowest BCUT2D eigenvalue weighted by molar-refractivity contribution is 1.46. The van der Waals surface area contributed by atoms with Crippen LogP contribution in [-0.2, 0) is 0 Å². The van der Waals surface area contributed by atoms with Gasteiger partial charge < -0.3 is 0 Å². The Bertz CT molecular complexity index is 446. The molecule has 0 aliphatic carbocycles. The van der Waals surface area contributed by atoms with E-state index in [1.807, 2.05) is 30.3 Å². The molecule has 0 N–H and O–H groups in total. The summed E-state index contributed by atoms with van der Waals surface area (Å²) in [6, 6.07) is 17.0. The van der Waals surface area contributed by atoms with E-state index in [-0.39, 0.29) is 0 Å². The van der Waals surface area contributed by atoms with E-state index in [0.717, 1.165) is 10.6 Å². The van der Waals surface area contributed by atoms with Gasteiger partial charge >= 0.3 is 0 Å². The van der Waals surface area contributed by atoms with E-state index in [2.05, 4.69) is 25.1 Å². The van der Waals surface area contributed by atoms with Crippen molar-refractivity contribution < 1.29 is 0 Å². The van der Waals surface area contributed by atoms with Crippen molar-refractivity contribution in [2.45, 2.75) is 6.92 Å². The van der Waals surface area contributed by atoms with Gasteiger partial charge in [-0.1, -0.05) is 41.9 Å². The first-order chi connectivity index (χ1) is 6.77. The first-order valence-electron chi connectivity index (χ1n) is 4.50. The normalized spacial score (nSPS) is 10.1. The van der Waals surface area contributed by atoms with E-state index in [1.165, 1.54) is 11.1 Å². The van der Waals surface area contributed by atoms with Gasteiger partial charge in [-0.05, 0) is 41.8 Å². The van der Waals surface area contributed by atoms with Crippen LogP contribution in [0.25, 0.3) is 11.1 Å². The van der Waals surface area contributed by atoms with Gasteiger partial charge in [-0.3, -0.25) is 0 Å². The molecule has 0 aliphatic heterocycles. The van der Waals surface area contributed by atoms with Crippen LogP contribution in [0.3, 0.4) is 0 Å². The number of rotatable bonds is 1. The molecule has 0 heterocycles. The minimum absolute atomic E-state index is 0.752. The highest BCUT2D eigenvalue weighted by Crippen LogP contribution is 2.24. The summed E-state index contributed by atoms with van der Waals surface area (Å²) in [4.78, 5) is 0. The Labute approximate surface area is 89.2 Å². The Morgan fingerprint density at radius 2 is 1.93 bits per heavy atom. The van der Waals surface area contributed by atoms with Gasteiger partial charge in [0, 0.05) is 5.02 Å². The van der Waals surface area contributed by atoms with Crippen LogP contribution in [0.2, 0.25) is 5.02 Å². The Hall–Kier alpha value is -1.27. The molecule has 2 aromatic rings. The highest BCUT2D eigenvalue weighted by atomic mass is 35.5. The van der Waals surface area contributed by atoms with Crippen LogP contribution in [0, 0.1) is 13.0 Å². The van der Waals surface area contributed by atoms with Gasteiger partial charge in [0.15, 0.2) is 0 Å². The van der Waals surface area contributed by atoms with Gasteiger partial charge in [0.05, 0.1) is 0 Å². The van der Waals surface area contributed by atoms with Crippen molar-refractivity contribution in [3.8, 4) is 11.1 Å². The van der Waals surface area contributed by atoms with Gasteiger partial charge in [-0.2, -0.15) is 0 Å². The van der Waals surface area contributed by atoms with Crippen LogP contribution >= 0.6 is 11.6 Å². The van der Waals surface area contributed by atoms with Crippen molar-refractivity contribution in [1.82, 2.24) is 0 Å². The Morgan fingerprint density at radius 1 is 1.14 bits per heavy atom. The van der Waals surface area contributed by atoms with Crippen molar-refractivity contribution in [1.29, 1.82) is 0 Å². The molecule has 0 unspecified atom stereocenters. The highest BCUT2D eigenvalue weighted by Gasteiger charge is 2.00. The van der Waals surface area contributed by atoms with Crippen molar-refractivity contribution >= 4 is 11.6 Å². The van der Waals surface area contributed by atoms with E-state index in [4.69, 9.17) is 11.6 Å². The average Bonchev–Trinajstić information content (AvgIpc) is 2.18. The smallest absolute Gasteiger partial charge is 0.0412 e. The maximum Gasteiger partial charge on any atom is 0.0412 e. The molecule has 0 bridgehead atoms. The fourth-order valence-electron chi connectivity index (χ4n) is 1.47. The standard InChI is InChI=1S/C13H10Cl/c1-10-5-2-3-8-13(10)11-6-4-7-12(14)9-11/h2-5,7-9H,1H3. The molecule has 0 atom stereocenters. The summed E-state index contributed by atoms with van der Waals surface area (Å²) in [7, 11) is 0. The lowest BCUT2D eigenvalue weighted by atomic mass is 10.0. The maximum atomic E-state index is 5.93. The molecule has 0 fully saturated rings. The highest BCUT2D eigenvalue weighted by molar-refractivity contribution is 6.30. The van der Waals surface area contributed by atoms with E-state index in [9.17, 15) is 0 Å². The third kappa shape index (κ3) is 1.80. The van der Waals surface area contributed by atoms with Crippen LogP contribution in [0.4, 0.5) is 0 Å². The Kier molecular flexibility index (Phi) is 2.55. The molecule has 1 heteroatoms. The first kappa shape index (κ1) is 9.29. The summed E-state index contributed by atoms with van der Waals surface area (Å²) in [5.41, 5.74) is 3.48. The molecule has 0 saturated carbocycles. The molecular formula is C13H10Cl. The third-order valence-electron chi connectivity index (χ3n) is 2.20. The molecule has 2 aromatic carbocycles. The fourth-order valence-corrected chi connectivity index (χ4v) is 1.64. The second-order valence-corrected chi connectivity index (χ2v) is 3.67. The van der Waals surface area contributed by atoms with Gasteiger partial charge in [-0.25, -0.2) is 0 Å². The summed E-state index contributed by atoms with van der Waals surface area (Å²) in [6.45, 7) is 2.09. The van der Waals surface area contributed by atoms with Crippen LogP contribution in [-0.4, -0.2) is 0 Å². The molecule has 0 saturated heterocycles. The average molecular weight is 202 g/mol. The molecule has 0 nitrogen and oxygen atoms in total. The van der Waals surface area contributed by atoms with E-state index in [1.54, 1.807) is 0 Å². The topological polar surface area (TPSA) is 0 Å². The van der Waals surface area contributed by atoms with Crippen molar-refractivity contribution in [2.24, 2.45) is 0 Å². The molecule has 0 aromatic heterocycles. The molecule has 0 spiro atoms. The fraction of sp³-hybridized carbons (Fsp3) is 0.0769. The predicted molar refractivity (Wildman–Crippen MR) is 60.5 cm³/mol. The quantitative estimate of drug-likeness (QED) is 0.651. The lowest BCUT2D eigenvalue weighted by Gasteiger charge is -2.04. The monoisotopic (exact) mass is 201 g/mol. The second-order valence-electron chi connectivity index (χ2n) is 3.24. The number of halogens is 1. The largest absolute Gasteiger partial charge is 0.0843 e. The molecule has 0 amide bonds. The first-order valence-corrected chi connectivity index (χ1v) is 4.88. The van der Waals surface area contributed by atoms with Gasteiger partial charge in [-0.15, -0.1) is 0 Å². The lowest BCUT2D eigenvalue weighted by Crippen LogP contribution is -1.82. The third-order valence-corrected chi connectivity index (χ3v) is 2.43. The van der Waals surface area contributed by atoms with Crippen molar-refractivity contribution in [3.63, 3.8) is 0 Å². The van der Waals surface area contributed by atoms with Gasteiger partial charge in [0.1, 0.15) is 0 Å². The molecule has 69 valence electrons. The Balaban J connectivity index is 2.55. The summed E-state index contributed by atoms with van der Waals surface area (Å²) in [5, 5.41) is 0.752. The second kappa shape index (κ2) is 3.85. The zero-order valence-electron chi connectivity index (χ0n) is 7.92. The number of aryl methyl sites for hydroxylation is 1. The maximum absolute atomic E-state index is 5.93. The summed E-state index contributed by atoms with van der Waals surface area (Å²) in [6.07, 6.45) is 0. The number of hydrogen-bond donors (Lipinski definition) is 0. The van der Waals surface area contributed by atoms with Gasteiger partial charge in [0.25, 0.3) is 0 Å². The summed E-state index contributed by atoms with van der Waals surface area (Å²) < 4.78 is 0. The zero-order chi connectivity index (χ0) is 9.97. The van der Waals surface area contributed by atoms with Gasteiger partial charge in [0.2, 0.25) is 0 Å². The molecule has 0 aliphatic rings. The predicted octanol–water partition coefficient (Wildman–Crippen LogP) is 4.12. The SMILES string of the molecule is Cc1ccccc1-c1[c]ccc(Cl)c1. The van der Waals surface area contributed by atoms with E-state index >= 15 is 0 Å². The Morgan fingerprint density at radius 3 is 2.64 bits per heavy atom. The zero-order valence-corrected chi connectivity index (χ0v) is 8.68. The molecular weight excluding hydrogens is 192 g/mol. The summed E-state index contributed by atoms with van der Waals surface area (Å²) in [5.74, 6) is 0. The molecule has 1 radical (unpaired) electrons. The van der Waals surface area contributed by atoms with E-state index < -0.39 is 0 Å². The van der Waals surface area contributed by atoms with Crippen molar-refractivity contribution in [3.05, 3.63) is 59.1 Å². The number of benzene rings is 2. The molecule has 2 rings (SSSR count). The van der Waals surface area contributed by atoms with Crippen molar-refractivity contribution in [2.75, 3.05) is 0 Å². The molecule has 14 heavy (non-hydrogen) atoms. The minimum atomic E-state index is 0.752. The minimum Gasteiger partial charge on any atom is -0.0843 e. The number of hydrogen-bond acceptors (Lipinski definition) is 0. The van der Waals surface area contributed by atoms with E-state index in [0.29, 0.717) is 0 Å². The summed E-state index contributed by atoms with van der Waals surface area (Å²) >= 11 is 5.93. The van der Waals surface area contributed by atoms with Crippen LogP contribution < -0.4 is 0 Å². The van der Waals surface area contributed by atoms with Crippen LogP contribution in [0.15, 0.2) is 42.5 Å². The van der Waals surface area contributed by atoms with Crippen LogP contribution in [0.5, 0.6) is 0 Å². The van der Waals surface area contributed by atoms with Crippen LogP contribution in [0.1, 0.15) is 5.56 Å².